The summed E-state index contributed by atoms with van der Waals surface area (Å²) in [4.78, 5) is 11.5. The molecule has 0 aliphatic rings. The molecule has 100 valence electrons. The van der Waals surface area contributed by atoms with Crippen molar-refractivity contribution in [3.63, 3.8) is 0 Å². The van der Waals surface area contributed by atoms with Crippen LogP contribution in [0.15, 0.2) is 30.3 Å². The van der Waals surface area contributed by atoms with Crippen LogP contribution in [0.25, 0.3) is 0 Å². The summed E-state index contributed by atoms with van der Waals surface area (Å²) in [6.45, 7) is 3.87. The molecular weight excluding hydrogens is 230 g/mol. The van der Waals surface area contributed by atoms with E-state index in [1.54, 1.807) is 13.8 Å². The summed E-state index contributed by atoms with van der Waals surface area (Å²) in [6.07, 6.45) is 0.682. The lowest BCUT2D eigenvalue weighted by Crippen LogP contribution is -2.45. The molecule has 0 saturated heterocycles. The Kier molecular flexibility index (Phi) is 6.39. The van der Waals surface area contributed by atoms with Gasteiger partial charge in [-0.3, -0.25) is 10.1 Å². The third-order valence-corrected chi connectivity index (χ3v) is 2.67. The lowest BCUT2D eigenvalue weighted by molar-refractivity contribution is -0.145. The molecule has 0 aliphatic heterocycles. The van der Waals surface area contributed by atoms with Crippen molar-refractivity contribution in [3.05, 3.63) is 35.9 Å². The zero-order valence-corrected chi connectivity index (χ0v) is 10.9. The zero-order valence-electron chi connectivity index (χ0n) is 10.9. The molecule has 0 saturated carbocycles. The summed E-state index contributed by atoms with van der Waals surface area (Å²) < 4.78 is 4.92. The largest absolute Gasteiger partial charge is 0.465 e. The van der Waals surface area contributed by atoms with Crippen LogP contribution in [0.5, 0.6) is 0 Å². The van der Waals surface area contributed by atoms with Gasteiger partial charge in [-0.05, 0) is 25.8 Å². The minimum atomic E-state index is -0.411. The van der Waals surface area contributed by atoms with Gasteiger partial charge < -0.3 is 9.84 Å². The van der Waals surface area contributed by atoms with E-state index in [1.807, 2.05) is 30.3 Å². The van der Waals surface area contributed by atoms with Gasteiger partial charge in [0, 0.05) is 6.04 Å². The first-order valence-electron chi connectivity index (χ1n) is 6.24. The van der Waals surface area contributed by atoms with Gasteiger partial charge in [0.1, 0.15) is 6.04 Å². The van der Waals surface area contributed by atoms with Crippen LogP contribution >= 0.6 is 0 Å². The maximum Gasteiger partial charge on any atom is 0.322 e. The fraction of sp³-hybridized carbons (Fsp3) is 0.500. The topological polar surface area (TPSA) is 58.6 Å². The van der Waals surface area contributed by atoms with E-state index in [0.29, 0.717) is 13.0 Å². The molecule has 0 bridgehead atoms. The maximum atomic E-state index is 11.5. The molecule has 1 aromatic rings. The number of carbonyl (C=O) groups excluding carboxylic acids is 1. The summed E-state index contributed by atoms with van der Waals surface area (Å²) in [6, 6.07) is 9.31. The molecule has 18 heavy (non-hydrogen) atoms. The van der Waals surface area contributed by atoms with Gasteiger partial charge in [0.25, 0.3) is 0 Å². The number of carbonyl (C=O) groups is 1. The normalized spacial score (nSPS) is 13.9. The van der Waals surface area contributed by atoms with Gasteiger partial charge in [-0.2, -0.15) is 0 Å². The number of aliphatic hydroxyl groups is 1. The van der Waals surface area contributed by atoms with Gasteiger partial charge in [0.15, 0.2) is 0 Å². The first-order valence-corrected chi connectivity index (χ1v) is 6.24. The van der Waals surface area contributed by atoms with Crippen LogP contribution in [-0.4, -0.2) is 36.4 Å². The summed E-state index contributed by atoms with van der Waals surface area (Å²) in [5.41, 5.74) is 1.13. The minimum Gasteiger partial charge on any atom is -0.465 e. The zero-order chi connectivity index (χ0) is 13.4. The Morgan fingerprint density at radius 1 is 1.39 bits per heavy atom. The Morgan fingerprint density at radius 3 is 2.61 bits per heavy atom. The number of rotatable bonds is 7. The Morgan fingerprint density at radius 2 is 2.06 bits per heavy atom. The maximum absolute atomic E-state index is 11.5. The molecule has 1 aromatic carbocycles. The summed E-state index contributed by atoms with van der Waals surface area (Å²) >= 11 is 0. The number of benzene rings is 1. The lowest BCUT2D eigenvalue weighted by atomic mass is 10.1. The van der Waals surface area contributed by atoms with E-state index in [1.165, 1.54) is 0 Å². The van der Waals surface area contributed by atoms with Crippen LogP contribution in [0.2, 0.25) is 0 Å². The highest BCUT2D eigenvalue weighted by Gasteiger charge is 2.18. The Bertz CT molecular complexity index is 353. The van der Waals surface area contributed by atoms with Crippen molar-refractivity contribution in [1.29, 1.82) is 0 Å². The predicted octanol–water partition coefficient (Wildman–Crippen LogP) is 1.13. The van der Waals surface area contributed by atoms with E-state index in [4.69, 9.17) is 4.74 Å². The lowest BCUT2D eigenvalue weighted by Gasteiger charge is -2.20. The van der Waals surface area contributed by atoms with E-state index < -0.39 is 6.04 Å². The molecule has 0 aromatic heterocycles. The average Bonchev–Trinajstić information content (AvgIpc) is 2.39. The van der Waals surface area contributed by atoms with Crippen molar-refractivity contribution >= 4 is 5.97 Å². The fourth-order valence-corrected chi connectivity index (χ4v) is 1.76. The first kappa shape index (κ1) is 14.7. The van der Waals surface area contributed by atoms with Crippen LogP contribution in [-0.2, 0) is 16.0 Å². The molecule has 2 unspecified atom stereocenters. The highest BCUT2D eigenvalue weighted by Crippen LogP contribution is 2.04. The van der Waals surface area contributed by atoms with Crippen molar-refractivity contribution in [2.45, 2.75) is 32.4 Å². The number of esters is 1. The van der Waals surface area contributed by atoms with Gasteiger partial charge in [-0.15, -0.1) is 0 Å². The molecular formula is C14H21NO3. The van der Waals surface area contributed by atoms with Crippen molar-refractivity contribution < 1.29 is 14.6 Å². The molecule has 1 rings (SSSR count). The number of aliphatic hydroxyl groups excluding tert-OH is 1. The quantitative estimate of drug-likeness (QED) is 0.713. The van der Waals surface area contributed by atoms with Crippen LogP contribution in [0, 0.1) is 0 Å². The predicted molar refractivity (Wildman–Crippen MR) is 70.3 cm³/mol. The number of ether oxygens (including phenoxy) is 1. The van der Waals surface area contributed by atoms with Gasteiger partial charge in [0.05, 0.1) is 13.2 Å². The van der Waals surface area contributed by atoms with Crippen LogP contribution < -0.4 is 5.32 Å². The highest BCUT2D eigenvalue weighted by atomic mass is 16.5. The Balaban J connectivity index is 2.49. The van der Waals surface area contributed by atoms with Crippen molar-refractivity contribution in [3.8, 4) is 0 Å². The second kappa shape index (κ2) is 7.84. The second-order valence-corrected chi connectivity index (χ2v) is 4.21. The summed E-state index contributed by atoms with van der Waals surface area (Å²) in [5, 5.41) is 12.4. The summed E-state index contributed by atoms with van der Waals surface area (Å²) in [5.74, 6) is -0.288. The van der Waals surface area contributed by atoms with E-state index >= 15 is 0 Å². The van der Waals surface area contributed by atoms with Gasteiger partial charge in [0.2, 0.25) is 0 Å². The van der Waals surface area contributed by atoms with Crippen LogP contribution in [0.4, 0.5) is 0 Å². The molecule has 2 atom stereocenters. The highest BCUT2D eigenvalue weighted by molar-refractivity contribution is 5.75. The van der Waals surface area contributed by atoms with Crippen LogP contribution in [0.1, 0.15) is 19.4 Å². The Hall–Kier alpha value is -1.39. The average molecular weight is 251 g/mol. The minimum absolute atomic E-state index is 0.0152. The molecule has 0 radical (unpaired) electrons. The first-order chi connectivity index (χ1) is 8.67. The molecule has 4 heteroatoms. The monoisotopic (exact) mass is 251 g/mol. The molecule has 0 amide bonds. The molecule has 0 fully saturated rings. The molecule has 0 aliphatic carbocycles. The van der Waals surface area contributed by atoms with Gasteiger partial charge in [-0.25, -0.2) is 0 Å². The van der Waals surface area contributed by atoms with Gasteiger partial charge in [-0.1, -0.05) is 30.3 Å². The third kappa shape index (κ3) is 4.85. The van der Waals surface area contributed by atoms with E-state index in [-0.39, 0.29) is 18.6 Å². The van der Waals surface area contributed by atoms with E-state index in [0.717, 1.165) is 5.56 Å². The van der Waals surface area contributed by atoms with Crippen molar-refractivity contribution in [2.24, 2.45) is 0 Å². The van der Waals surface area contributed by atoms with E-state index in [9.17, 15) is 9.90 Å². The summed E-state index contributed by atoms with van der Waals surface area (Å²) in [7, 11) is 0. The second-order valence-electron chi connectivity index (χ2n) is 4.21. The van der Waals surface area contributed by atoms with Crippen molar-refractivity contribution in [1.82, 2.24) is 5.32 Å². The van der Waals surface area contributed by atoms with E-state index in [2.05, 4.69) is 5.32 Å². The van der Waals surface area contributed by atoms with Crippen LogP contribution in [0.3, 0.4) is 0 Å². The number of hydrogen-bond acceptors (Lipinski definition) is 4. The molecule has 0 heterocycles. The SMILES string of the molecule is CCOC(=O)C(C)NC(CO)Cc1ccccc1. The third-order valence-electron chi connectivity index (χ3n) is 2.67. The molecule has 0 spiro atoms. The van der Waals surface area contributed by atoms with Gasteiger partial charge >= 0.3 is 5.97 Å². The Labute approximate surface area is 108 Å². The number of nitrogens with one attached hydrogen (secondary N) is 1. The standard InChI is InChI=1S/C14H21NO3/c1-3-18-14(17)11(2)15-13(10-16)9-12-7-5-4-6-8-12/h4-8,11,13,15-16H,3,9-10H2,1-2H3. The molecule has 2 N–H and O–H groups in total. The fourth-order valence-electron chi connectivity index (χ4n) is 1.76. The van der Waals surface area contributed by atoms with Crippen molar-refractivity contribution in [2.75, 3.05) is 13.2 Å². The smallest absolute Gasteiger partial charge is 0.322 e. The molecule has 4 nitrogen and oxygen atoms in total. The number of hydrogen-bond donors (Lipinski definition) is 2.